The lowest BCUT2D eigenvalue weighted by atomic mass is 10.4. The minimum Gasteiger partial charge on any atom is -0.446 e. The molecular weight excluding hydrogens is 418 g/mol. The van der Waals surface area contributed by atoms with E-state index >= 15 is 0 Å². The van der Waals surface area contributed by atoms with Gasteiger partial charge in [-0.25, -0.2) is 19.9 Å². The molecule has 9 heteroatoms. The van der Waals surface area contributed by atoms with Gasteiger partial charge in [-0.1, -0.05) is 0 Å². The van der Waals surface area contributed by atoms with Gasteiger partial charge in [0.05, 0.1) is 17.1 Å². The average Bonchev–Trinajstić information content (AvgIpc) is 3.35. The SMILES string of the molecule is Cc1nc(C)c(C)o1.Cc1nc(C)c(C)o1.Cc1nc(C)n(C)c1C.Cc1nc(C)n(C)n1. The second kappa shape index (κ2) is 12.1. The van der Waals surface area contributed by atoms with Crippen molar-refractivity contribution >= 4 is 0 Å². The lowest BCUT2D eigenvalue weighted by Crippen LogP contribution is -1.92. The molecule has 0 N–H and O–H groups in total. The molecule has 0 aliphatic carbocycles. The maximum atomic E-state index is 5.10. The van der Waals surface area contributed by atoms with Gasteiger partial charge in [0.1, 0.15) is 29.0 Å². The summed E-state index contributed by atoms with van der Waals surface area (Å²) in [4.78, 5) is 16.4. The van der Waals surface area contributed by atoms with E-state index in [1.807, 2.05) is 83.3 Å². The van der Waals surface area contributed by atoms with E-state index in [2.05, 4.69) is 36.5 Å². The molecule has 4 aromatic heterocycles. The summed E-state index contributed by atoms with van der Waals surface area (Å²) in [6, 6.07) is 0. The fourth-order valence-electron chi connectivity index (χ4n) is 2.77. The van der Waals surface area contributed by atoms with Gasteiger partial charge in [0.25, 0.3) is 0 Å². The van der Waals surface area contributed by atoms with Crippen molar-refractivity contribution in [3.8, 4) is 0 Å². The van der Waals surface area contributed by atoms with E-state index in [0.29, 0.717) is 0 Å². The van der Waals surface area contributed by atoms with Gasteiger partial charge in [0.2, 0.25) is 0 Å². The van der Waals surface area contributed by atoms with Crippen molar-refractivity contribution in [1.29, 1.82) is 0 Å². The second-order valence-corrected chi connectivity index (χ2v) is 7.97. The Morgan fingerprint density at radius 1 is 0.545 bits per heavy atom. The average molecular weight is 458 g/mol. The van der Waals surface area contributed by atoms with Crippen molar-refractivity contribution in [2.45, 2.75) is 76.2 Å². The second-order valence-electron chi connectivity index (χ2n) is 7.97. The Morgan fingerprint density at radius 2 is 1.00 bits per heavy atom. The van der Waals surface area contributed by atoms with Crippen LogP contribution in [0.1, 0.15) is 63.6 Å². The van der Waals surface area contributed by atoms with Gasteiger partial charge in [0.15, 0.2) is 11.8 Å². The molecule has 0 spiro atoms. The Bertz CT molecular complexity index is 976. The maximum Gasteiger partial charge on any atom is 0.191 e. The summed E-state index contributed by atoms with van der Waals surface area (Å²) in [5.41, 5.74) is 4.37. The lowest BCUT2D eigenvalue weighted by molar-refractivity contribution is 0.493. The zero-order valence-corrected chi connectivity index (χ0v) is 22.4. The number of hydrogen-bond donors (Lipinski definition) is 0. The van der Waals surface area contributed by atoms with E-state index in [0.717, 1.165) is 57.9 Å². The molecule has 0 unspecified atom stereocenters. The van der Waals surface area contributed by atoms with Gasteiger partial charge >= 0.3 is 0 Å². The Morgan fingerprint density at radius 3 is 1.09 bits per heavy atom. The van der Waals surface area contributed by atoms with Gasteiger partial charge in [-0.15, -0.1) is 0 Å². The molecule has 0 radical (unpaired) electrons. The number of imidazole rings is 1. The van der Waals surface area contributed by atoms with Crippen LogP contribution in [0.4, 0.5) is 0 Å². The van der Waals surface area contributed by atoms with Crippen LogP contribution in [0.15, 0.2) is 8.83 Å². The van der Waals surface area contributed by atoms with Gasteiger partial charge in [0, 0.05) is 33.6 Å². The van der Waals surface area contributed by atoms with Crippen molar-refractivity contribution in [3.05, 3.63) is 63.6 Å². The lowest BCUT2D eigenvalue weighted by Gasteiger charge is -1.94. The number of aryl methyl sites for hydroxylation is 11. The smallest absolute Gasteiger partial charge is 0.191 e. The van der Waals surface area contributed by atoms with Crippen molar-refractivity contribution in [1.82, 2.24) is 34.3 Å². The fraction of sp³-hybridized carbons (Fsp3) is 0.542. The molecule has 0 fully saturated rings. The third-order valence-corrected chi connectivity index (χ3v) is 5.20. The molecule has 0 saturated heterocycles. The van der Waals surface area contributed by atoms with Gasteiger partial charge < -0.3 is 13.4 Å². The molecule has 0 atom stereocenters. The Labute approximate surface area is 197 Å². The number of hydrogen-bond acceptors (Lipinski definition) is 7. The summed E-state index contributed by atoms with van der Waals surface area (Å²) in [7, 11) is 3.92. The Hall–Kier alpha value is -3.23. The number of nitrogens with zero attached hydrogens (tertiary/aromatic N) is 7. The first-order chi connectivity index (χ1) is 15.2. The predicted octanol–water partition coefficient (Wildman–Crippen LogP) is 4.98. The quantitative estimate of drug-likeness (QED) is 0.367. The number of aromatic nitrogens is 7. The Kier molecular flexibility index (Phi) is 10.2. The normalized spacial score (nSPS) is 9.97. The summed E-state index contributed by atoms with van der Waals surface area (Å²) < 4.78 is 14.1. The first kappa shape index (κ1) is 27.8. The summed E-state index contributed by atoms with van der Waals surface area (Å²) in [5, 5.41) is 4.02. The molecule has 4 heterocycles. The van der Waals surface area contributed by atoms with Crippen molar-refractivity contribution in [3.63, 3.8) is 0 Å². The molecule has 0 bridgehead atoms. The van der Waals surface area contributed by atoms with E-state index < -0.39 is 0 Å². The number of oxazole rings is 2. The molecule has 0 aliphatic heterocycles. The fourth-order valence-corrected chi connectivity index (χ4v) is 2.77. The van der Waals surface area contributed by atoms with E-state index in [1.165, 1.54) is 5.69 Å². The van der Waals surface area contributed by atoms with Crippen molar-refractivity contribution < 1.29 is 8.83 Å². The van der Waals surface area contributed by atoms with Crippen LogP contribution in [0.3, 0.4) is 0 Å². The molecule has 0 saturated carbocycles. The van der Waals surface area contributed by atoms with Gasteiger partial charge in [-0.3, -0.25) is 4.68 Å². The van der Waals surface area contributed by atoms with E-state index in [4.69, 9.17) is 8.83 Å². The standard InChI is InChI=1S/C7H12N2.2C6H9NO.C5H9N3/c1-5-6(2)9(4)7(3)8-5;2*1-4-5(2)8-6(3)7-4;1-4-6-5(2)8(3)7-4/h1-4H3;3*1-3H3. The highest BCUT2D eigenvalue weighted by Crippen LogP contribution is 2.06. The van der Waals surface area contributed by atoms with Crippen LogP contribution >= 0.6 is 0 Å². The summed E-state index contributed by atoms with van der Waals surface area (Å²) in [6.45, 7) is 21.3. The monoisotopic (exact) mass is 457 g/mol. The number of rotatable bonds is 0. The van der Waals surface area contributed by atoms with Crippen LogP contribution in [-0.4, -0.2) is 34.3 Å². The largest absolute Gasteiger partial charge is 0.446 e. The molecule has 0 amide bonds. The molecule has 182 valence electrons. The Balaban J connectivity index is 0.000000220. The third kappa shape index (κ3) is 8.67. The van der Waals surface area contributed by atoms with Crippen LogP contribution in [0.5, 0.6) is 0 Å². The first-order valence-corrected chi connectivity index (χ1v) is 10.8. The molecule has 0 aliphatic rings. The van der Waals surface area contributed by atoms with Crippen LogP contribution in [0.25, 0.3) is 0 Å². The molecule has 4 rings (SSSR count). The summed E-state index contributed by atoms with van der Waals surface area (Å²) >= 11 is 0. The predicted molar refractivity (Wildman–Crippen MR) is 129 cm³/mol. The molecule has 9 nitrogen and oxygen atoms in total. The van der Waals surface area contributed by atoms with Crippen LogP contribution in [0.2, 0.25) is 0 Å². The molecule has 4 aromatic rings. The van der Waals surface area contributed by atoms with E-state index in [9.17, 15) is 0 Å². The third-order valence-electron chi connectivity index (χ3n) is 5.20. The maximum absolute atomic E-state index is 5.10. The van der Waals surface area contributed by atoms with Crippen molar-refractivity contribution in [2.75, 3.05) is 0 Å². The highest BCUT2D eigenvalue weighted by Gasteiger charge is 2.01. The van der Waals surface area contributed by atoms with Gasteiger partial charge in [-0.2, -0.15) is 5.10 Å². The van der Waals surface area contributed by atoms with Crippen molar-refractivity contribution in [2.24, 2.45) is 14.1 Å². The highest BCUT2D eigenvalue weighted by molar-refractivity contribution is 5.12. The zero-order chi connectivity index (χ0) is 25.5. The highest BCUT2D eigenvalue weighted by atomic mass is 16.4. The van der Waals surface area contributed by atoms with E-state index in [-0.39, 0.29) is 0 Å². The van der Waals surface area contributed by atoms with Crippen LogP contribution in [0, 0.1) is 76.2 Å². The first-order valence-electron chi connectivity index (χ1n) is 10.8. The van der Waals surface area contributed by atoms with Crippen LogP contribution < -0.4 is 0 Å². The van der Waals surface area contributed by atoms with E-state index in [1.54, 1.807) is 4.68 Å². The minimum atomic E-state index is 0.750. The topological polar surface area (TPSA) is 101 Å². The minimum absolute atomic E-state index is 0.750. The summed E-state index contributed by atoms with van der Waals surface area (Å²) in [5.74, 6) is 6.22. The van der Waals surface area contributed by atoms with Crippen LogP contribution in [-0.2, 0) is 14.1 Å². The molecule has 33 heavy (non-hydrogen) atoms. The zero-order valence-electron chi connectivity index (χ0n) is 22.4. The molecular formula is C24H39N7O2. The summed E-state index contributed by atoms with van der Waals surface area (Å²) in [6.07, 6.45) is 0. The molecule has 0 aromatic carbocycles. The van der Waals surface area contributed by atoms with Gasteiger partial charge in [-0.05, 0) is 62.3 Å².